The van der Waals surface area contributed by atoms with Crippen LogP contribution in [0.25, 0.3) is 0 Å². The van der Waals surface area contributed by atoms with E-state index in [-0.39, 0.29) is 11.2 Å². The second kappa shape index (κ2) is 7.13. The van der Waals surface area contributed by atoms with Crippen molar-refractivity contribution in [1.82, 2.24) is 5.32 Å². The van der Waals surface area contributed by atoms with E-state index in [0.717, 1.165) is 6.42 Å². The summed E-state index contributed by atoms with van der Waals surface area (Å²) < 4.78 is 11.3. The number of carbonyl (C=O) groups excluding carboxylic acids is 1. The fourth-order valence-corrected chi connectivity index (χ4v) is 2.07. The van der Waals surface area contributed by atoms with Crippen molar-refractivity contribution in [3.05, 3.63) is 23.8 Å². The molecule has 0 saturated carbocycles. The SMILES string of the molecule is CNC(=O)c1ccc(N)cc1NCCC(C)S(C)=O. The molecule has 0 aliphatic rings. The Bertz CT molecular complexity index is 477. The van der Waals surface area contributed by atoms with Crippen molar-refractivity contribution < 1.29 is 9.00 Å². The summed E-state index contributed by atoms with van der Waals surface area (Å²) in [5, 5.41) is 5.89. The predicted molar refractivity (Wildman–Crippen MR) is 80.9 cm³/mol. The first-order valence-electron chi connectivity index (χ1n) is 6.13. The lowest BCUT2D eigenvalue weighted by atomic mass is 10.1. The van der Waals surface area contributed by atoms with Gasteiger partial charge in [-0.2, -0.15) is 0 Å². The Kier molecular flexibility index (Phi) is 5.82. The Morgan fingerprint density at radius 1 is 1.47 bits per heavy atom. The summed E-state index contributed by atoms with van der Waals surface area (Å²) in [5.41, 5.74) is 7.59. The molecule has 19 heavy (non-hydrogen) atoms. The van der Waals surface area contributed by atoms with Crippen LogP contribution < -0.4 is 16.4 Å². The zero-order valence-electron chi connectivity index (χ0n) is 11.5. The van der Waals surface area contributed by atoms with Crippen LogP contribution in [-0.2, 0) is 10.8 Å². The molecule has 0 fully saturated rings. The highest BCUT2D eigenvalue weighted by molar-refractivity contribution is 7.84. The average Bonchev–Trinajstić information content (AvgIpc) is 2.37. The lowest BCUT2D eigenvalue weighted by molar-refractivity contribution is 0.0964. The molecule has 0 aliphatic heterocycles. The predicted octanol–water partition coefficient (Wildman–Crippen LogP) is 1.20. The van der Waals surface area contributed by atoms with Crippen LogP contribution in [0.4, 0.5) is 11.4 Å². The van der Waals surface area contributed by atoms with Crippen molar-refractivity contribution in [2.45, 2.75) is 18.6 Å². The number of benzene rings is 1. The molecule has 4 N–H and O–H groups in total. The third kappa shape index (κ3) is 4.55. The van der Waals surface area contributed by atoms with Crippen LogP contribution in [-0.4, -0.2) is 35.2 Å². The fourth-order valence-electron chi connectivity index (χ4n) is 1.62. The Labute approximate surface area is 116 Å². The van der Waals surface area contributed by atoms with E-state index in [1.807, 2.05) is 6.92 Å². The molecule has 0 heterocycles. The number of nitrogens with two attached hydrogens (primary N) is 1. The average molecular weight is 283 g/mol. The van der Waals surface area contributed by atoms with Gasteiger partial charge in [0.15, 0.2) is 0 Å². The monoisotopic (exact) mass is 283 g/mol. The van der Waals surface area contributed by atoms with Crippen LogP contribution in [0, 0.1) is 0 Å². The standard InChI is InChI=1S/C13H21N3O2S/c1-9(19(3)18)6-7-16-12-8-10(14)4-5-11(12)13(17)15-2/h4-5,8-9,16H,6-7,14H2,1-3H3,(H,15,17). The fraction of sp³-hybridized carbons (Fsp3) is 0.462. The van der Waals surface area contributed by atoms with Gasteiger partial charge in [-0.1, -0.05) is 6.92 Å². The van der Waals surface area contributed by atoms with E-state index < -0.39 is 10.8 Å². The van der Waals surface area contributed by atoms with Gasteiger partial charge in [-0.25, -0.2) is 0 Å². The first kappa shape index (κ1) is 15.5. The second-order valence-corrected chi connectivity index (χ2v) is 6.21. The third-order valence-electron chi connectivity index (χ3n) is 2.95. The molecule has 1 aromatic rings. The van der Waals surface area contributed by atoms with Gasteiger partial charge in [-0.05, 0) is 24.6 Å². The summed E-state index contributed by atoms with van der Waals surface area (Å²) in [4.78, 5) is 11.7. The van der Waals surface area contributed by atoms with Crippen molar-refractivity contribution in [1.29, 1.82) is 0 Å². The quantitative estimate of drug-likeness (QED) is 0.685. The van der Waals surface area contributed by atoms with Crippen molar-refractivity contribution >= 4 is 28.1 Å². The zero-order valence-corrected chi connectivity index (χ0v) is 12.3. The Balaban J connectivity index is 2.73. The second-order valence-electron chi connectivity index (χ2n) is 4.41. The molecule has 2 unspecified atom stereocenters. The van der Waals surface area contributed by atoms with Gasteiger partial charge in [0, 0.05) is 47.3 Å². The molecule has 1 rings (SSSR count). The smallest absolute Gasteiger partial charge is 0.253 e. The molecule has 6 heteroatoms. The summed E-state index contributed by atoms with van der Waals surface area (Å²) in [7, 11) is 0.756. The number of anilines is 2. The highest BCUT2D eigenvalue weighted by atomic mass is 32.2. The van der Waals surface area contributed by atoms with E-state index >= 15 is 0 Å². The topological polar surface area (TPSA) is 84.2 Å². The molecular weight excluding hydrogens is 262 g/mol. The number of amides is 1. The molecule has 106 valence electrons. The Hall–Kier alpha value is -1.56. The van der Waals surface area contributed by atoms with E-state index in [1.54, 1.807) is 31.5 Å². The Morgan fingerprint density at radius 2 is 2.16 bits per heavy atom. The van der Waals surface area contributed by atoms with Crippen LogP contribution >= 0.6 is 0 Å². The molecule has 2 atom stereocenters. The largest absolute Gasteiger partial charge is 0.399 e. The summed E-state index contributed by atoms with van der Waals surface area (Å²) in [5.74, 6) is -0.158. The summed E-state index contributed by atoms with van der Waals surface area (Å²) in [6.45, 7) is 2.59. The summed E-state index contributed by atoms with van der Waals surface area (Å²) >= 11 is 0. The minimum absolute atomic E-state index is 0.122. The third-order valence-corrected chi connectivity index (χ3v) is 4.32. The lowest BCUT2D eigenvalue weighted by Crippen LogP contribution is -2.21. The lowest BCUT2D eigenvalue weighted by Gasteiger charge is -2.13. The van der Waals surface area contributed by atoms with Crippen molar-refractivity contribution in [2.75, 3.05) is 30.9 Å². The summed E-state index contributed by atoms with van der Waals surface area (Å²) in [6, 6.07) is 5.12. The van der Waals surface area contributed by atoms with Gasteiger partial charge in [0.1, 0.15) is 0 Å². The van der Waals surface area contributed by atoms with Gasteiger partial charge in [-0.15, -0.1) is 0 Å². The van der Waals surface area contributed by atoms with Crippen LogP contribution in [0.1, 0.15) is 23.7 Å². The number of hydrogen-bond donors (Lipinski definition) is 3. The van der Waals surface area contributed by atoms with Gasteiger partial charge in [0.25, 0.3) is 5.91 Å². The number of nitrogens with one attached hydrogen (secondary N) is 2. The van der Waals surface area contributed by atoms with Crippen LogP contribution in [0.2, 0.25) is 0 Å². The molecule has 0 spiro atoms. The maximum absolute atomic E-state index is 11.7. The van der Waals surface area contributed by atoms with Gasteiger partial charge >= 0.3 is 0 Å². The first-order chi connectivity index (χ1) is 8.95. The van der Waals surface area contributed by atoms with Crippen LogP contribution in [0.3, 0.4) is 0 Å². The molecule has 1 aromatic carbocycles. The minimum Gasteiger partial charge on any atom is -0.399 e. The van der Waals surface area contributed by atoms with Crippen molar-refractivity contribution in [3.8, 4) is 0 Å². The highest BCUT2D eigenvalue weighted by Crippen LogP contribution is 2.19. The van der Waals surface area contributed by atoms with Crippen LogP contribution in [0.15, 0.2) is 18.2 Å². The number of carbonyl (C=O) groups is 1. The van der Waals surface area contributed by atoms with Gasteiger partial charge in [0.05, 0.1) is 5.56 Å². The van der Waals surface area contributed by atoms with E-state index in [9.17, 15) is 9.00 Å². The van der Waals surface area contributed by atoms with Gasteiger partial charge < -0.3 is 16.4 Å². The highest BCUT2D eigenvalue weighted by Gasteiger charge is 2.11. The zero-order chi connectivity index (χ0) is 14.4. The first-order valence-corrected chi connectivity index (χ1v) is 7.75. The molecular formula is C13H21N3O2S. The maximum Gasteiger partial charge on any atom is 0.253 e. The van der Waals surface area contributed by atoms with Gasteiger partial charge in [-0.3, -0.25) is 9.00 Å². The van der Waals surface area contributed by atoms with Crippen molar-refractivity contribution in [3.63, 3.8) is 0 Å². The van der Waals surface area contributed by atoms with E-state index in [0.29, 0.717) is 23.5 Å². The molecule has 0 aromatic heterocycles. The number of hydrogen-bond acceptors (Lipinski definition) is 4. The minimum atomic E-state index is -0.832. The van der Waals surface area contributed by atoms with E-state index in [2.05, 4.69) is 10.6 Å². The normalized spacial score (nSPS) is 13.6. The van der Waals surface area contributed by atoms with Gasteiger partial charge in [0.2, 0.25) is 0 Å². The Morgan fingerprint density at radius 3 is 2.74 bits per heavy atom. The molecule has 0 saturated heterocycles. The maximum atomic E-state index is 11.7. The molecule has 0 bridgehead atoms. The number of nitrogen functional groups attached to an aromatic ring is 1. The molecule has 0 radical (unpaired) electrons. The number of rotatable bonds is 6. The van der Waals surface area contributed by atoms with E-state index in [4.69, 9.17) is 5.73 Å². The molecule has 5 nitrogen and oxygen atoms in total. The van der Waals surface area contributed by atoms with Crippen LogP contribution in [0.5, 0.6) is 0 Å². The van der Waals surface area contributed by atoms with E-state index in [1.165, 1.54) is 0 Å². The molecule has 1 amide bonds. The summed E-state index contributed by atoms with van der Waals surface area (Å²) in [6.07, 6.45) is 2.46. The van der Waals surface area contributed by atoms with Crippen molar-refractivity contribution in [2.24, 2.45) is 0 Å². The molecule has 0 aliphatic carbocycles.